The van der Waals surface area contributed by atoms with Crippen LogP contribution in [-0.2, 0) is 0 Å². The van der Waals surface area contributed by atoms with E-state index in [4.69, 9.17) is 5.73 Å². The molecule has 1 aromatic heterocycles. The van der Waals surface area contributed by atoms with Crippen LogP contribution in [0.25, 0.3) is 10.9 Å². The maximum atomic E-state index is 6.13. The van der Waals surface area contributed by atoms with Crippen molar-refractivity contribution in [1.82, 2.24) is 10.2 Å². The van der Waals surface area contributed by atoms with Crippen molar-refractivity contribution in [1.29, 1.82) is 0 Å². The van der Waals surface area contributed by atoms with Gasteiger partial charge < -0.3 is 5.73 Å². The average molecular weight is 268 g/mol. The molecule has 0 aliphatic heterocycles. The Kier molecular flexibility index (Phi) is 2.80. The Morgan fingerprint density at radius 2 is 2.13 bits per heavy atom. The number of aromatic amines is 1. The standard InChI is InChI=1S/C11H14BrN3/c1-6(2)10(13)11-9-7(12)4-3-5-8(9)14-15-11/h3-6,10H,13H2,1-2H3,(H,14,15). The van der Waals surface area contributed by atoms with Crippen LogP contribution in [-0.4, -0.2) is 10.2 Å². The van der Waals surface area contributed by atoms with Gasteiger partial charge in [0.1, 0.15) is 0 Å². The number of hydrogen-bond acceptors (Lipinski definition) is 2. The largest absolute Gasteiger partial charge is 0.322 e. The maximum Gasteiger partial charge on any atom is 0.0935 e. The summed E-state index contributed by atoms with van der Waals surface area (Å²) < 4.78 is 1.04. The molecule has 0 saturated carbocycles. The third-order valence-electron chi connectivity index (χ3n) is 2.61. The molecule has 80 valence electrons. The summed E-state index contributed by atoms with van der Waals surface area (Å²) in [4.78, 5) is 0. The summed E-state index contributed by atoms with van der Waals surface area (Å²) in [5, 5.41) is 8.37. The first kappa shape index (κ1) is 10.6. The SMILES string of the molecule is CC(C)C(N)c1[nH]nc2cccc(Br)c12. The van der Waals surface area contributed by atoms with Gasteiger partial charge in [0.05, 0.1) is 11.2 Å². The van der Waals surface area contributed by atoms with Gasteiger partial charge in [-0.3, -0.25) is 5.10 Å². The van der Waals surface area contributed by atoms with Crippen LogP contribution >= 0.6 is 15.9 Å². The molecule has 15 heavy (non-hydrogen) atoms. The Morgan fingerprint density at radius 1 is 1.40 bits per heavy atom. The van der Waals surface area contributed by atoms with Crippen LogP contribution in [0.15, 0.2) is 22.7 Å². The number of nitrogens with zero attached hydrogens (tertiary/aromatic N) is 1. The smallest absolute Gasteiger partial charge is 0.0935 e. The number of benzene rings is 1. The molecule has 1 atom stereocenters. The van der Waals surface area contributed by atoms with Crippen LogP contribution in [0.3, 0.4) is 0 Å². The molecule has 0 aliphatic rings. The van der Waals surface area contributed by atoms with Crippen molar-refractivity contribution >= 4 is 26.8 Å². The fourth-order valence-electron chi connectivity index (χ4n) is 1.62. The van der Waals surface area contributed by atoms with Gasteiger partial charge in [0.2, 0.25) is 0 Å². The molecule has 3 N–H and O–H groups in total. The number of aromatic nitrogens is 2. The Labute approximate surface area is 97.2 Å². The van der Waals surface area contributed by atoms with E-state index in [2.05, 4.69) is 40.0 Å². The predicted octanol–water partition coefficient (Wildman–Crippen LogP) is 2.98. The van der Waals surface area contributed by atoms with E-state index in [0.29, 0.717) is 5.92 Å². The van der Waals surface area contributed by atoms with E-state index in [-0.39, 0.29) is 6.04 Å². The molecule has 3 nitrogen and oxygen atoms in total. The Balaban J connectivity index is 2.62. The zero-order chi connectivity index (χ0) is 11.0. The second-order valence-corrected chi connectivity index (χ2v) is 4.90. The lowest BCUT2D eigenvalue weighted by atomic mass is 9.99. The normalized spacial score (nSPS) is 13.7. The molecule has 0 saturated heterocycles. The Bertz CT molecular complexity index is 476. The van der Waals surface area contributed by atoms with E-state index in [9.17, 15) is 0 Å². The molecule has 0 bridgehead atoms. The zero-order valence-corrected chi connectivity index (χ0v) is 10.4. The third kappa shape index (κ3) is 1.79. The third-order valence-corrected chi connectivity index (χ3v) is 3.27. The highest BCUT2D eigenvalue weighted by Gasteiger charge is 2.17. The molecule has 1 aromatic carbocycles. The zero-order valence-electron chi connectivity index (χ0n) is 8.79. The number of rotatable bonds is 2. The minimum Gasteiger partial charge on any atom is -0.322 e. The van der Waals surface area contributed by atoms with Crippen LogP contribution in [0.4, 0.5) is 0 Å². The molecular formula is C11H14BrN3. The first-order chi connectivity index (χ1) is 7.11. The summed E-state index contributed by atoms with van der Waals surface area (Å²) in [6.45, 7) is 4.21. The topological polar surface area (TPSA) is 54.7 Å². The van der Waals surface area contributed by atoms with Gasteiger partial charge in [-0.1, -0.05) is 35.8 Å². The minimum absolute atomic E-state index is 0.00583. The van der Waals surface area contributed by atoms with E-state index in [1.54, 1.807) is 0 Å². The highest BCUT2D eigenvalue weighted by molar-refractivity contribution is 9.10. The lowest BCUT2D eigenvalue weighted by Gasteiger charge is -2.14. The van der Waals surface area contributed by atoms with Crippen molar-refractivity contribution in [2.45, 2.75) is 19.9 Å². The maximum absolute atomic E-state index is 6.13. The van der Waals surface area contributed by atoms with E-state index in [1.807, 2.05) is 18.2 Å². The van der Waals surface area contributed by atoms with E-state index in [0.717, 1.165) is 21.1 Å². The van der Waals surface area contributed by atoms with E-state index >= 15 is 0 Å². The van der Waals surface area contributed by atoms with Crippen LogP contribution in [0, 0.1) is 5.92 Å². The molecule has 0 fully saturated rings. The predicted molar refractivity (Wildman–Crippen MR) is 65.6 cm³/mol. The molecule has 2 aromatic rings. The second-order valence-electron chi connectivity index (χ2n) is 4.04. The second kappa shape index (κ2) is 3.94. The van der Waals surface area contributed by atoms with Crippen molar-refractivity contribution in [2.24, 2.45) is 11.7 Å². The fourth-order valence-corrected chi connectivity index (χ4v) is 2.19. The molecule has 0 radical (unpaired) electrons. The quantitative estimate of drug-likeness (QED) is 0.879. The summed E-state index contributed by atoms with van der Waals surface area (Å²) in [5.41, 5.74) is 8.09. The summed E-state index contributed by atoms with van der Waals surface area (Å²) >= 11 is 3.53. The Hall–Kier alpha value is -0.870. The molecule has 1 heterocycles. The first-order valence-corrected chi connectivity index (χ1v) is 5.78. The van der Waals surface area contributed by atoms with Gasteiger partial charge in [-0.05, 0) is 18.1 Å². The highest BCUT2D eigenvalue weighted by atomic mass is 79.9. The van der Waals surface area contributed by atoms with Gasteiger partial charge in [-0.25, -0.2) is 0 Å². The number of nitrogens with two attached hydrogens (primary N) is 1. The average Bonchev–Trinajstić information content (AvgIpc) is 2.61. The van der Waals surface area contributed by atoms with E-state index in [1.165, 1.54) is 0 Å². The number of fused-ring (bicyclic) bond motifs is 1. The monoisotopic (exact) mass is 267 g/mol. The molecule has 1 unspecified atom stereocenters. The number of halogens is 1. The summed E-state index contributed by atoms with van der Waals surface area (Å²) in [7, 11) is 0. The minimum atomic E-state index is -0.00583. The van der Waals surface area contributed by atoms with Gasteiger partial charge in [-0.15, -0.1) is 0 Å². The molecule has 0 spiro atoms. The van der Waals surface area contributed by atoms with Crippen molar-refractivity contribution in [3.63, 3.8) is 0 Å². The lowest BCUT2D eigenvalue weighted by Crippen LogP contribution is -2.17. The van der Waals surface area contributed by atoms with Crippen molar-refractivity contribution in [2.75, 3.05) is 0 Å². The molecule has 2 rings (SSSR count). The van der Waals surface area contributed by atoms with Gasteiger partial charge in [-0.2, -0.15) is 5.10 Å². The fraction of sp³-hybridized carbons (Fsp3) is 0.364. The van der Waals surface area contributed by atoms with Crippen LogP contribution < -0.4 is 5.73 Å². The van der Waals surface area contributed by atoms with Gasteiger partial charge in [0.25, 0.3) is 0 Å². The van der Waals surface area contributed by atoms with E-state index < -0.39 is 0 Å². The number of hydrogen-bond donors (Lipinski definition) is 2. The van der Waals surface area contributed by atoms with Crippen LogP contribution in [0.2, 0.25) is 0 Å². The van der Waals surface area contributed by atoms with Gasteiger partial charge in [0.15, 0.2) is 0 Å². The molecule has 0 amide bonds. The lowest BCUT2D eigenvalue weighted by molar-refractivity contribution is 0.505. The number of nitrogens with one attached hydrogen (secondary N) is 1. The van der Waals surface area contributed by atoms with Gasteiger partial charge in [0, 0.05) is 15.9 Å². The molecule has 4 heteroatoms. The summed E-state index contributed by atoms with van der Waals surface area (Å²) in [5.74, 6) is 0.390. The highest BCUT2D eigenvalue weighted by Crippen LogP contribution is 2.30. The van der Waals surface area contributed by atoms with Crippen molar-refractivity contribution in [3.05, 3.63) is 28.4 Å². The van der Waals surface area contributed by atoms with Crippen LogP contribution in [0.1, 0.15) is 25.6 Å². The summed E-state index contributed by atoms with van der Waals surface area (Å²) in [6, 6.07) is 5.95. The van der Waals surface area contributed by atoms with Crippen LogP contribution in [0.5, 0.6) is 0 Å². The van der Waals surface area contributed by atoms with Gasteiger partial charge >= 0.3 is 0 Å². The molecule has 0 aliphatic carbocycles. The summed E-state index contributed by atoms with van der Waals surface area (Å²) in [6.07, 6.45) is 0. The van der Waals surface area contributed by atoms with Crippen molar-refractivity contribution in [3.8, 4) is 0 Å². The van der Waals surface area contributed by atoms with Crippen molar-refractivity contribution < 1.29 is 0 Å². The molecular weight excluding hydrogens is 254 g/mol. The first-order valence-electron chi connectivity index (χ1n) is 4.99. The number of H-pyrrole nitrogens is 1. The Morgan fingerprint density at radius 3 is 2.80 bits per heavy atom.